The topological polar surface area (TPSA) is 63.4 Å². The van der Waals surface area contributed by atoms with Gasteiger partial charge in [-0.25, -0.2) is 0 Å². The van der Waals surface area contributed by atoms with Crippen LogP contribution in [0, 0.1) is 17.0 Å². The molecule has 0 aliphatic heterocycles. The van der Waals surface area contributed by atoms with E-state index in [9.17, 15) is 15.2 Å². The van der Waals surface area contributed by atoms with Gasteiger partial charge in [-0.1, -0.05) is 11.6 Å². The fourth-order valence-corrected chi connectivity index (χ4v) is 2.35. The molecule has 4 nitrogen and oxygen atoms in total. The maximum Gasteiger partial charge on any atom is 0.275 e. The van der Waals surface area contributed by atoms with E-state index in [0.29, 0.717) is 11.1 Å². The van der Waals surface area contributed by atoms with Crippen LogP contribution >= 0.6 is 11.3 Å². The molecule has 2 aromatic rings. The molecule has 0 radical (unpaired) electrons. The molecule has 1 atom stereocenters. The SMILES string of the molecule is Cc1ccc([N+](=O)[O-])c([C@@H](O)c2ccsc2)c1. The molecule has 1 aromatic heterocycles. The Bertz CT molecular complexity index is 537. The quantitative estimate of drug-likeness (QED) is 0.671. The van der Waals surface area contributed by atoms with Crippen molar-refractivity contribution >= 4 is 17.0 Å². The number of aliphatic hydroxyl groups is 1. The highest BCUT2D eigenvalue weighted by atomic mass is 32.1. The molecule has 0 unspecified atom stereocenters. The summed E-state index contributed by atoms with van der Waals surface area (Å²) in [6, 6.07) is 6.52. The largest absolute Gasteiger partial charge is 0.383 e. The fourth-order valence-electron chi connectivity index (χ4n) is 1.67. The Hall–Kier alpha value is -1.72. The zero-order chi connectivity index (χ0) is 12.4. The maximum absolute atomic E-state index is 10.9. The van der Waals surface area contributed by atoms with Gasteiger partial charge in [-0.2, -0.15) is 11.3 Å². The predicted molar refractivity (Wildman–Crippen MR) is 66.2 cm³/mol. The number of thiophene rings is 1. The molecule has 2 rings (SSSR count). The second-order valence-corrected chi connectivity index (χ2v) is 4.56. The molecule has 5 heteroatoms. The molecule has 0 aliphatic carbocycles. The van der Waals surface area contributed by atoms with Crippen LogP contribution in [0.1, 0.15) is 22.8 Å². The van der Waals surface area contributed by atoms with E-state index in [1.165, 1.54) is 17.4 Å². The van der Waals surface area contributed by atoms with Gasteiger partial charge < -0.3 is 5.11 Å². The second kappa shape index (κ2) is 4.65. The second-order valence-electron chi connectivity index (χ2n) is 3.78. The van der Waals surface area contributed by atoms with Gasteiger partial charge in [0.1, 0.15) is 6.10 Å². The minimum atomic E-state index is -0.943. The van der Waals surface area contributed by atoms with E-state index in [2.05, 4.69) is 0 Å². The van der Waals surface area contributed by atoms with Crippen LogP contribution in [0.15, 0.2) is 35.0 Å². The van der Waals surface area contributed by atoms with Crippen molar-refractivity contribution in [3.8, 4) is 0 Å². The molecule has 0 amide bonds. The Morgan fingerprint density at radius 3 is 2.76 bits per heavy atom. The normalized spacial score (nSPS) is 12.4. The van der Waals surface area contributed by atoms with Gasteiger partial charge >= 0.3 is 0 Å². The van der Waals surface area contributed by atoms with Gasteiger partial charge in [0.25, 0.3) is 5.69 Å². The molecule has 1 N–H and O–H groups in total. The molecule has 0 fully saturated rings. The van der Waals surface area contributed by atoms with Crippen LogP contribution in [0.25, 0.3) is 0 Å². The van der Waals surface area contributed by atoms with Gasteiger partial charge in [-0.3, -0.25) is 10.1 Å². The lowest BCUT2D eigenvalue weighted by molar-refractivity contribution is -0.386. The summed E-state index contributed by atoms with van der Waals surface area (Å²) in [5.41, 5.74) is 1.87. The Morgan fingerprint density at radius 1 is 1.41 bits per heavy atom. The van der Waals surface area contributed by atoms with E-state index in [-0.39, 0.29) is 5.69 Å². The van der Waals surface area contributed by atoms with Crippen molar-refractivity contribution in [3.05, 3.63) is 61.8 Å². The van der Waals surface area contributed by atoms with Crippen molar-refractivity contribution in [2.75, 3.05) is 0 Å². The van der Waals surface area contributed by atoms with Gasteiger partial charge in [0, 0.05) is 6.07 Å². The number of hydrogen-bond acceptors (Lipinski definition) is 4. The highest BCUT2D eigenvalue weighted by molar-refractivity contribution is 7.07. The molecule has 88 valence electrons. The monoisotopic (exact) mass is 249 g/mol. The van der Waals surface area contributed by atoms with Crippen LogP contribution in [-0.2, 0) is 0 Å². The van der Waals surface area contributed by atoms with Crippen LogP contribution < -0.4 is 0 Å². The molecular formula is C12H11NO3S. The summed E-state index contributed by atoms with van der Waals surface area (Å²) in [7, 11) is 0. The van der Waals surface area contributed by atoms with Gasteiger partial charge in [-0.05, 0) is 35.4 Å². The van der Waals surface area contributed by atoms with E-state index < -0.39 is 11.0 Å². The first-order valence-corrected chi connectivity index (χ1v) is 5.99. The number of rotatable bonds is 3. The minimum Gasteiger partial charge on any atom is -0.383 e. The van der Waals surface area contributed by atoms with Crippen molar-refractivity contribution in [1.29, 1.82) is 0 Å². The Balaban J connectivity index is 2.50. The highest BCUT2D eigenvalue weighted by Gasteiger charge is 2.21. The number of nitrogens with zero attached hydrogens (tertiary/aromatic N) is 1. The molecule has 0 spiro atoms. The van der Waals surface area contributed by atoms with Crippen molar-refractivity contribution in [2.45, 2.75) is 13.0 Å². The van der Waals surface area contributed by atoms with E-state index in [1.54, 1.807) is 23.6 Å². The molecule has 0 saturated heterocycles. The van der Waals surface area contributed by atoms with E-state index >= 15 is 0 Å². The highest BCUT2D eigenvalue weighted by Crippen LogP contribution is 2.31. The number of benzene rings is 1. The first kappa shape index (κ1) is 11.8. The number of nitro groups is 1. The third kappa shape index (κ3) is 2.35. The number of nitro benzene ring substituents is 1. The van der Waals surface area contributed by atoms with Crippen LogP contribution in [-0.4, -0.2) is 10.0 Å². The molecule has 1 aromatic carbocycles. The third-order valence-electron chi connectivity index (χ3n) is 2.53. The molecule has 1 heterocycles. The molecule has 17 heavy (non-hydrogen) atoms. The minimum absolute atomic E-state index is 0.0469. The van der Waals surface area contributed by atoms with Crippen molar-refractivity contribution in [3.63, 3.8) is 0 Å². The zero-order valence-corrected chi connectivity index (χ0v) is 9.98. The lowest BCUT2D eigenvalue weighted by Crippen LogP contribution is -2.03. The maximum atomic E-state index is 10.9. The lowest BCUT2D eigenvalue weighted by atomic mass is 10.0. The summed E-state index contributed by atoms with van der Waals surface area (Å²) < 4.78 is 0. The van der Waals surface area contributed by atoms with Gasteiger partial charge in [0.2, 0.25) is 0 Å². The summed E-state index contributed by atoms with van der Waals surface area (Å²) in [6.07, 6.45) is -0.943. The van der Waals surface area contributed by atoms with Crippen LogP contribution in [0.2, 0.25) is 0 Å². The molecular weight excluding hydrogens is 238 g/mol. The van der Waals surface area contributed by atoms with Crippen molar-refractivity contribution in [1.82, 2.24) is 0 Å². The first-order valence-electron chi connectivity index (χ1n) is 5.04. The van der Waals surface area contributed by atoms with E-state index in [0.717, 1.165) is 5.56 Å². The van der Waals surface area contributed by atoms with Gasteiger partial charge in [0.15, 0.2) is 0 Å². The summed E-state index contributed by atoms with van der Waals surface area (Å²) in [5, 5.41) is 24.7. The number of hydrogen-bond donors (Lipinski definition) is 1. The zero-order valence-electron chi connectivity index (χ0n) is 9.16. The van der Waals surface area contributed by atoms with E-state index in [1.807, 2.05) is 12.3 Å². The van der Waals surface area contributed by atoms with Gasteiger partial charge in [-0.15, -0.1) is 0 Å². The third-order valence-corrected chi connectivity index (χ3v) is 3.23. The Kier molecular flexibility index (Phi) is 3.21. The van der Waals surface area contributed by atoms with Gasteiger partial charge in [0.05, 0.1) is 10.5 Å². The Labute approximate surface area is 102 Å². The number of aliphatic hydroxyl groups excluding tert-OH is 1. The summed E-state index contributed by atoms with van der Waals surface area (Å²) in [6.45, 7) is 1.84. The first-order chi connectivity index (χ1) is 8.09. The average Bonchev–Trinajstić information content (AvgIpc) is 2.80. The summed E-state index contributed by atoms with van der Waals surface area (Å²) >= 11 is 1.45. The summed E-state index contributed by atoms with van der Waals surface area (Å²) in [5.74, 6) is 0. The van der Waals surface area contributed by atoms with Crippen molar-refractivity contribution < 1.29 is 10.0 Å². The summed E-state index contributed by atoms with van der Waals surface area (Å²) in [4.78, 5) is 10.4. The van der Waals surface area contributed by atoms with Crippen LogP contribution in [0.3, 0.4) is 0 Å². The fraction of sp³-hybridized carbons (Fsp3) is 0.167. The standard InChI is InChI=1S/C12H11NO3S/c1-8-2-3-11(13(15)16)10(6-8)12(14)9-4-5-17-7-9/h2-7,12,14H,1H3/t12-/m0/s1. The van der Waals surface area contributed by atoms with Crippen LogP contribution in [0.5, 0.6) is 0 Å². The lowest BCUT2D eigenvalue weighted by Gasteiger charge is -2.10. The molecule has 0 aliphatic rings. The van der Waals surface area contributed by atoms with E-state index in [4.69, 9.17) is 0 Å². The molecule has 0 bridgehead atoms. The average molecular weight is 249 g/mol. The Morgan fingerprint density at radius 2 is 2.18 bits per heavy atom. The molecule has 0 saturated carbocycles. The smallest absolute Gasteiger partial charge is 0.275 e. The van der Waals surface area contributed by atoms with Crippen LogP contribution in [0.4, 0.5) is 5.69 Å². The van der Waals surface area contributed by atoms with Crippen molar-refractivity contribution in [2.24, 2.45) is 0 Å². The predicted octanol–water partition coefficient (Wildman–Crippen LogP) is 3.05. The number of aryl methyl sites for hydroxylation is 1.